The number of aryl methyl sites for hydroxylation is 1. The largest absolute Gasteiger partial charge is 0.496 e. The number of benzene rings is 1. The Kier molecular flexibility index (Phi) is 5.80. The van der Waals surface area contributed by atoms with Gasteiger partial charge in [-0.2, -0.15) is 0 Å². The number of amides is 1. The molecule has 0 aliphatic carbocycles. The molecule has 0 saturated carbocycles. The molecule has 1 fully saturated rings. The van der Waals surface area contributed by atoms with Crippen LogP contribution in [-0.2, 0) is 11.2 Å². The molecular formula is C17H26N2O3. The third-order valence-corrected chi connectivity index (χ3v) is 4.02. The first-order chi connectivity index (χ1) is 10.5. The first-order valence-corrected chi connectivity index (χ1v) is 7.81. The average molecular weight is 306 g/mol. The van der Waals surface area contributed by atoms with Crippen molar-refractivity contribution in [3.8, 4) is 5.75 Å². The lowest BCUT2D eigenvalue weighted by molar-refractivity contribution is -0.132. The average Bonchev–Trinajstić information content (AvgIpc) is 2.47. The predicted molar refractivity (Wildman–Crippen MR) is 86.1 cm³/mol. The van der Waals surface area contributed by atoms with Gasteiger partial charge in [0.15, 0.2) is 0 Å². The number of carbonyl (C=O) groups is 1. The van der Waals surface area contributed by atoms with Gasteiger partial charge < -0.3 is 14.7 Å². The molecule has 0 bridgehead atoms. The number of piperazine rings is 1. The predicted octanol–water partition coefficient (Wildman–Crippen LogP) is 1.07. The first kappa shape index (κ1) is 16.8. The molecular weight excluding hydrogens is 280 g/mol. The second-order valence-corrected chi connectivity index (χ2v) is 6.02. The van der Waals surface area contributed by atoms with Gasteiger partial charge in [-0.1, -0.05) is 17.7 Å². The number of hydrogen-bond donors (Lipinski definition) is 1. The minimum atomic E-state index is -0.321. The molecule has 2 rings (SSSR count). The van der Waals surface area contributed by atoms with Gasteiger partial charge in [0.25, 0.3) is 0 Å². The maximum Gasteiger partial charge on any atom is 0.227 e. The fourth-order valence-electron chi connectivity index (χ4n) is 2.87. The van der Waals surface area contributed by atoms with Crippen LogP contribution in [0, 0.1) is 6.92 Å². The number of aliphatic hydroxyl groups is 1. The van der Waals surface area contributed by atoms with Crippen molar-refractivity contribution in [2.45, 2.75) is 26.4 Å². The Morgan fingerprint density at radius 1 is 1.32 bits per heavy atom. The summed E-state index contributed by atoms with van der Waals surface area (Å²) in [7, 11) is 1.63. The van der Waals surface area contributed by atoms with E-state index < -0.39 is 0 Å². The lowest BCUT2D eigenvalue weighted by Gasteiger charge is -2.35. The van der Waals surface area contributed by atoms with Gasteiger partial charge in [-0.15, -0.1) is 0 Å². The van der Waals surface area contributed by atoms with E-state index in [0.29, 0.717) is 13.0 Å². The third kappa shape index (κ3) is 4.45. The molecule has 22 heavy (non-hydrogen) atoms. The fraction of sp³-hybridized carbons (Fsp3) is 0.588. The first-order valence-electron chi connectivity index (χ1n) is 7.81. The van der Waals surface area contributed by atoms with Crippen LogP contribution in [0.2, 0.25) is 0 Å². The summed E-state index contributed by atoms with van der Waals surface area (Å²) >= 11 is 0. The topological polar surface area (TPSA) is 53.0 Å². The van der Waals surface area contributed by atoms with Crippen molar-refractivity contribution in [3.05, 3.63) is 29.3 Å². The van der Waals surface area contributed by atoms with Crippen LogP contribution < -0.4 is 4.74 Å². The maximum absolute atomic E-state index is 12.5. The third-order valence-electron chi connectivity index (χ3n) is 4.02. The molecule has 0 unspecified atom stereocenters. The highest BCUT2D eigenvalue weighted by atomic mass is 16.5. The number of carbonyl (C=O) groups excluding carboxylic acids is 1. The molecule has 1 heterocycles. The van der Waals surface area contributed by atoms with Crippen molar-refractivity contribution >= 4 is 5.91 Å². The summed E-state index contributed by atoms with van der Waals surface area (Å²) in [5.74, 6) is 0.910. The van der Waals surface area contributed by atoms with Gasteiger partial charge >= 0.3 is 0 Å². The highest BCUT2D eigenvalue weighted by Gasteiger charge is 2.22. The minimum absolute atomic E-state index is 0.139. The Labute approximate surface area is 132 Å². The van der Waals surface area contributed by atoms with Crippen LogP contribution in [0.15, 0.2) is 18.2 Å². The van der Waals surface area contributed by atoms with Crippen LogP contribution in [0.3, 0.4) is 0 Å². The number of aliphatic hydroxyl groups excluding tert-OH is 1. The van der Waals surface area contributed by atoms with E-state index >= 15 is 0 Å². The molecule has 5 heteroatoms. The van der Waals surface area contributed by atoms with Crippen LogP contribution in [0.25, 0.3) is 0 Å². The van der Waals surface area contributed by atoms with E-state index in [1.807, 2.05) is 30.0 Å². The highest BCUT2D eigenvalue weighted by molar-refractivity contribution is 5.79. The summed E-state index contributed by atoms with van der Waals surface area (Å²) in [6.45, 7) is 7.57. The second kappa shape index (κ2) is 7.61. The second-order valence-electron chi connectivity index (χ2n) is 6.02. The molecule has 0 radical (unpaired) electrons. The molecule has 1 aliphatic rings. The van der Waals surface area contributed by atoms with Crippen LogP contribution >= 0.6 is 0 Å². The highest BCUT2D eigenvalue weighted by Crippen LogP contribution is 2.21. The molecule has 1 saturated heterocycles. The zero-order valence-electron chi connectivity index (χ0n) is 13.7. The van der Waals surface area contributed by atoms with Gasteiger partial charge in [0.2, 0.25) is 5.91 Å². The normalized spacial score (nSPS) is 17.4. The zero-order valence-corrected chi connectivity index (χ0v) is 13.7. The number of nitrogens with zero attached hydrogens (tertiary/aromatic N) is 2. The number of methoxy groups -OCH3 is 1. The summed E-state index contributed by atoms with van der Waals surface area (Å²) in [5, 5.41) is 9.42. The lowest BCUT2D eigenvalue weighted by Crippen LogP contribution is -2.50. The smallest absolute Gasteiger partial charge is 0.227 e. The number of hydrogen-bond acceptors (Lipinski definition) is 4. The molecule has 5 nitrogen and oxygen atoms in total. The van der Waals surface area contributed by atoms with E-state index in [4.69, 9.17) is 4.74 Å². The SMILES string of the molecule is COc1ccc(C)cc1CC(=O)N1CCN(C[C@@H](C)O)CC1. The Morgan fingerprint density at radius 3 is 2.59 bits per heavy atom. The number of rotatable bonds is 5. The summed E-state index contributed by atoms with van der Waals surface area (Å²) in [4.78, 5) is 16.6. The molecule has 1 aromatic carbocycles. The van der Waals surface area contributed by atoms with E-state index in [0.717, 1.165) is 43.1 Å². The molecule has 0 aromatic heterocycles. The van der Waals surface area contributed by atoms with Crippen LogP contribution in [0.5, 0.6) is 5.75 Å². The molecule has 1 aromatic rings. The van der Waals surface area contributed by atoms with Gasteiger partial charge in [0.05, 0.1) is 19.6 Å². The van der Waals surface area contributed by atoms with Gasteiger partial charge in [-0.3, -0.25) is 9.69 Å². The maximum atomic E-state index is 12.5. The Hall–Kier alpha value is -1.59. The quantitative estimate of drug-likeness (QED) is 0.884. The van der Waals surface area contributed by atoms with Gasteiger partial charge in [-0.25, -0.2) is 0 Å². The van der Waals surface area contributed by atoms with Crippen molar-refractivity contribution in [2.75, 3.05) is 39.8 Å². The molecule has 122 valence electrons. The van der Waals surface area contributed by atoms with Gasteiger partial charge in [0.1, 0.15) is 5.75 Å². The van der Waals surface area contributed by atoms with E-state index in [-0.39, 0.29) is 12.0 Å². The monoisotopic (exact) mass is 306 g/mol. The fourth-order valence-corrected chi connectivity index (χ4v) is 2.87. The minimum Gasteiger partial charge on any atom is -0.496 e. The van der Waals surface area contributed by atoms with Crippen LogP contribution in [0.4, 0.5) is 0 Å². The van der Waals surface area contributed by atoms with Gasteiger partial charge in [-0.05, 0) is 19.9 Å². The van der Waals surface area contributed by atoms with Gasteiger partial charge in [0, 0.05) is 38.3 Å². The van der Waals surface area contributed by atoms with E-state index in [2.05, 4.69) is 4.90 Å². The van der Waals surface area contributed by atoms with Crippen molar-refractivity contribution in [2.24, 2.45) is 0 Å². The Morgan fingerprint density at radius 2 is 2.00 bits per heavy atom. The summed E-state index contributed by atoms with van der Waals surface area (Å²) in [5.41, 5.74) is 2.07. The van der Waals surface area contributed by atoms with Crippen molar-refractivity contribution in [3.63, 3.8) is 0 Å². The molecule has 1 atom stereocenters. The van der Waals surface area contributed by atoms with Crippen molar-refractivity contribution in [1.29, 1.82) is 0 Å². The van der Waals surface area contributed by atoms with Crippen LogP contribution in [0.1, 0.15) is 18.1 Å². The van der Waals surface area contributed by atoms with Crippen LogP contribution in [-0.4, -0.2) is 66.8 Å². The summed E-state index contributed by atoms with van der Waals surface area (Å²) < 4.78 is 5.34. The number of ether oxygens (including phenoxy) is 1. The Bertz CT molecular complexity index is 509. The summed E-state index contributed by atoms with van der Waals surface area (Å²) in [6.07, 6.45) is 0.0557. The van der Waals surface area contributed by atoms with E-state index in [1.165, 1.54) is 0 Å². The Balaban J connectivity index is 1.92. The van der Waals surface area contributed by atoms with E-state index in [9.17, 15) is 9.90 Å². The molecule has 1 amide bonds. The number of β-amino-alcohol motifs (C(OH)–C–C–N with tert-alkyl or cyclic N) is 1. The molecule has 1 N–H and O–H groups in total. The lowest BCUT2D eigenvalue weighted by atomic mass is 10.1. The van der Waals surface area contributed by atoms with Crippen molar-refractivity contribution in [1.82, 2.24) is 9.80 Å². The molecule has 0 spiro atoms. The summed E-state index contributed by atoms with van der Waals surface area (Å²) in [6, 6.07) is 5.92. The molecule has 1 aliphatic heterocycles. The van der Waals surface area contributed by atoms with E-state index in [1.54, 1.807) is 14.0 Å². The standard InChI is InChI=1S/C17H26N2O3/c1-13-4-5-16(22-3)15(10-13)11-17(21)19-8-6-18(7-9-19)12-14(2)20/h4-5,10,14,20H,6-9,11-12H2,1-3H3/t14-/m1/s1. The van der Waals surface area contributed by atoms with Crippen molar-refractivity contribution < 1.29 is 14.6 Å². The zero-order chi connectivity index (χ0) is 16.1.